The number of hydrogen-bond donors (Lipinski definition) is 11. The van der Waals surface area contributed by atoms with E-state index >= 15 is 0 Å². The lowest BCUT2D eigenvalue weighted by Crippen LogP contribution is -2.60. The molecule has 10 atom stereocenters. The second kappa shape index (κ2) is 11.9. The van der Waals surface area contributed by atoms with Crippen molar-refractivity contribution in [3.05, 3.63) is 46.1 Å². The summed E-state index contributed by atoms with van der Waals surface area (Å²) in [6.07, 6.45) is -16.5. The molecule has 3 aromatic rings. The Bertz CT molecular complexity index is 1540. The van der Waals surface area contributed by atoms with Gasteiger partial charge in [-0.2, -0.15) is 0 Å². The van der Waals surface area contributed by atoms with Crippen molar-refractivity contribution in [3.8, 4) is 34.3 Å². The molecule has 0 unspecified atom stereocenters. The highest BCUT2D eigenvalue weighted by Gasteiger charge is 2.47. The molecule has 16 nitrogen and oxygen atoms in total. The van der Waals surface area contributed by atoms with Crippen molar-refractivity contribution in [2.75, 3.05) is 13.2 Å². The molecule has 0 amide bonds. The van der Waals surface area contributed by atoms with Gasteiger partial charge < -0.3 is 74.8 Å². The van der Waals surface area contributed by atoms with Crippen LogP contribution in [0.25, 0.3) is 22.3 Å². The van der Waals surface area contributed by atoms with Gasteiger partial charge in [0, 0.05) is 17.7 Å². The van der Waals surface area contributed by atoms with Crippen LogP contribution in [0.5, 0.6) is 23.0 Å². The summed E-state index contributed by atoms with van der Waals surface area (Å²) in [5.41, 5.74) is -1.53. The molecule has 1 aromatic heterocycles. The van der Waals surface area contributed by atoms with E-state index in [0.717, 1.165) is 18.2 Å². The van der Waals surface area contributed by atoms with Gasteiger partial charge in [-0.05, 0) is 18.2 Å². The number of phenolic OH excluding ortho intramolecular Hbond substituents is 3. The zero-order valence-corrected chi connectivity index (χ0v) is 22.0. The molecule has 0 saturated carbocycles. The number of phenols is 3. The predicted molar refractivity (Wildman–Crippen MR) is 140 cm³/mol. The van der Waals surface area contributed by atoms with Gasteiger partial charge in [0.05, 0.1) is 18.8 Å². The van der Waals surface area contributed by atoms with E-state index in [4.69, 9.17) is 18.6 Å². The Morgan fingerprint density at radius 2 is 1.35 bits per heavy atom. The molecule has 16 heteroatoms. The first-order valence-corrected chi connectivity index (χ1v) is 13.0. The SMILES string of the molecule is O=c1cc(-c2ccc(O)c(O[C@@H]3O[C@@H](CO)[C@@H](O)[C@@H](O)[C@@H]3O)c2)oc2cc(O)c([C@@H]3O[C@H](CO)[C@@H](O)[C@H](O)[C@@H]3O)c(O)c12. The van der Waals surface area contributed by atoms with Crippen LogP contribution in [0.1, 0.15) is 11.7 Å². The molecule has 5 rings (SSSR count). The molecule has 2 saturated heterocycles. The first-order valence-electron chi connectivity index (χ1n) is 13.0. The van der Waals surface area contributed by atoms with Crippen LogP contribution < -0.4 is 10.2 Å². The van der Waals surface area contributed by atoms with Gasteiger partial charge >= 0.3 is 0 Å². The Morgan fingerprint density at radius 3 is 2.00 bits per heavy atom. The number of aliphatic hydroxyl groups excluding tert-OH is 8. The van der Waals surface area contributed by atoms with Gasteiger partial charge in [-0.3, -0.25) is 4.79 Å². The summed E-state index contributed by atoms with van der Waals surface area (Å²) >= 11 is 0. The van der Waals surface area contributed by atoms with Gasteiger partial charge in [-0.25, -0.2) is 0 Å². The van der Waals surface area contributed by atoms with Crippen LogP contribution in [0.15, 0.2) is 39.5 Å². The summed E-state index contributed by atoms with van der Waals surface area (Å²) in [5.74, 6) is -2.48. The number of ether oxygens (including phenoxy) is 3. The van der Waals surface area contributed by atoms with Crippen LogP contribution in [-0.2, 0) is 9.47 Å². The maximum Gasteiger partial charge on any atom is 0.229 e. The van der Waals surface area contributed by atoms with Crippen molar-refractivity contribution < 1.29 is 74.8 Å². The Morgan fingerprint density at radius 1 is 0.721 bits per heavy atom. The quantitative estimate of drug-likeness (QED) is 0.135. The van der Waals surface area contributed by atoms with Crippen molar-refractivity contribution in [3.63, 3.8) is 0 Å². The van der Waals surface area contributed by atoms with E-state index in [2.05, 4.69) is 0 Å². The molecule has 0 spiro atoms. The summed E-state index contributed by atoms with van der Waals surface area (Å²) in [5, 5.41) is 111. The standard InChI is InChI=1S/C27H30O16/c28-6-15-19(33)22(36)24(38)26(41-15)18-11(32)5-14-17(21(18)35)10(31)4-12(40-14)8-1-2-9(30)13(3-8)42-27-25(39)23(37)20(34)16(7-29)43-27/h1-5,15-16,19-20,22-30,32-39H,6-7H2/t15-,16+,19-,20-,22+,23-,24+,25+,26+,27-/m1/s1. The minimum absolute atomic E-state index is 0.119. The third-order valence-electron chi connectivity index (χ3n) is 7.52. The summed E-state index contributed by atoms with van der Waals surface area (Å²) in [6.45, 7) is -1.48. The van der Waals surface area contributed by atoms with Crippen LogP contribution in [-0.4, -0.2) is 125 Å². The van der Waals surface area contributed by atoms with Gasteiger partial charge in [0.25, 0.3) is 0 Å². The van der Waals surface area contributed by atoms with Crippen LogP contribution >= 0.6 is 0 Å². The molecular formula is C27H30O16. The highest BCUT2D eigenvalue weighted by atomic mass is 16.7. The zero-order chi connectivity index (χ0) is 31.3. The molecule has 0 radical (unpaired) electrons. The number of fused-ring (bicyclic) bond motifs is 1. The average Bonchev–Trinajstić information content (AvgIpc) is 2.97. The average molecular weight is 611 g/mol. The normalized spacial score (nSPS) is 33.0. The smallest absolute Gasteiger partial charge is 0.229 e. The van der Waals surface area contributed by atoms with Crippen LogP contribution in [0.3, 0.4) is 0 Å². The van der Waals surface area contributed by atoms with Gasteiger partial charge in [-0.1, -0.05) is 0 Å². The predicted octanol–water partition coefficient (Wildman–Crippen LogP) is -2.73. The first kappa shape index (κ1) is 30.9. The lowest BCUT2D eigenvalue weighted by molar-refractivity contribution is -0.277. The number of aliphatic hydroxyl groups is 8. The third-order valence-corrected chi connectivity index (χ3v) is 7.52. The fraction of sp³-hybridized carbons (Fsp3) is 0.444. The van der Waals surface area contributed by atoms with E-state index < -0.39 is 108 Å². The summed E-state index contributed by atoms with van der Waals surface area (Å²) in [4.78, 5) is 13.2. The Hall–Kier alpha value is -3.55. The van der Waals surface area contributed by atoms with Crippen LogP contribution in [0, 0.1) is 0 Å². The third kappa shape index (κ3) is 5.38. The zero-order valence-electron chi connectivity index (χ0n) is 22.0. The minimum atomic E-state index is -1.86. The largest absolute Gasteiger partial charge is 0.507 e. The molecule has 2 aromatic carbocycles. The summed E-state index contributed by atoms with van der Waals surface area (Å²) in [6, 6.07) is 5.56. The van der Waals surface area contributed by atoms with Gasteiger partial charge in [0.1, 0.15) is 83.2 Å². The molecule has 3 heterocycles. The first-order chi connectivity index (χ1) is 20.4. The summed E-state index contributed by atoms with van der Waals surface area (Å²) < 4.78 is 21.9. The van der Waals surface area contributed by atoms with Crippen molar-refractivity contribution in [1.29, 1.82) is 0 Å². The van der Waals surface area contributed by atoms with Crippen molar-refractivity contribution in [2.24, 2.45) is 0 Å². The second-order valence-corrected chi connectivity index (χ2v) is 10.3. The number of aromatic hydroxyl groups is 3. The van der Waals surface area contributed by atoms with Gasteiger partial charge in [0.15, 0.2) is 16.9 Å². The monoisotopic (exact) mass is 610 g/mol. The Labute approximate surface area is 241 Å². The van der Waals surface area contributed by atoms with Crippen molar-refractivity contribution in [2.45, 2.75) is 61.2 Å². The fourth-order valence-corrected chi connectivity index (χ4v) is 5.12. The van der Waals surface area contributed by atoms with E-state index in [1.165, 1.54) is 12.1 Å². The lowest BCUT2D eigenvalue weighted by Gasteiger charge is -2.40. The van der Waals surface area contributed by atoms with E-state index in [-0.39, 0.29) is 22.7 Å². The van der Waals surface area contributed by atoms with Gasteiger partial charge in [0.2, 0.25) is 6.29 Å². The molecule has 43 heavy (non-hydrogen) atoms. The molecule has 0 bridgehead atoms. The number of hydrogen-bond acceptors (Lipinski definition) is 16. The topological polar surface area (TPSA) is 280 Å². The van der Waals surface area contributed by atoms with E-state index in [9.17, 15) is 61.0 Å². The highest BCUT2D eigenvalue weighted by Crippen LogP contribution is 2.45. The van der Waals surface area contributed by atoms with Gasteiger partial charge in [-0.15, -0.1) is 0 Å². The maximum atomic E-state index is 13.2. The minimum Gasteiger partial charge on any atom is -0.507 e. The molecule has 0 aliphatic carbocycles. The Balaban J connectivity index is 1.50. The Kier molecular flexibility index (Phi) is 8.52. The van der Waals surface area contributed by atoms with Crippen molar-refractivity contribution in [1.82, 2.24) is 0 Å². The van der Waals surface area contributed by atoms with Crippen LogP contribution in [0.2, 0.25) is 0 Å². The molecular weight excluding hydrogens is 580 g/mol. The van der Waals surface area contributed by atoms with Crippen molar-refractivity contribution >= 4 is 11.0 Å². The maximum absolute atomic E-state index is 13.2. The van der Waals surface area contributed by atoms with E-state index in [0.29, 0.717) is 0 Å². The molecule has 2 fully saturated rings. The number of benzene rings is 2. The highest BCUT2D eigenvalue weighted by molar-refractivity contribution is 5.88. The fourth-order valence-electron chi connectivity index (χ4n) is 5.12. The van der Waals surface area contributed by atoms with E-state index in [1.807, 2.05) is 0 Å². The molecule has 2 aliphatic heterocycles. The number of rotatable bonds is 6. The summed E-state index contributed by atoms with van der Waals surface area (Å²) in [7, 11) is 0. The van der Waals surface area contributed by atoms with Crippen LogP contribution in [0.4, 0.5) is 0 Å². The lowest BCUT2D eigenvalue weighted by atomic mass is 9.89. The molecule has 234 valence electrons. The second-order valence-electron chi connectivity index (χ2n) is 10.3. The molecule has 11 N–H and O–H groups in total. The molecule has 2 aliphatic rings. The van der Waals surface area contributed by atoms with E-state index in [1.54, 1.807) is 0 Å².